The van der Waals surface area contributed by atoms with Crippen molar-refractivity contribution in [1.29, 1.82) is 0 Å². The highest BCUT2D eigenvalue weighted by Crippen LogP contribution is 2.25. The average molecular weight is 392 g/mol. The van der Waals surface area contributed by atoms with Crippen molar-refractivity contribution < 1.29 is 17.6 Å². The molecule has 0 bridgehead atoms. The number of unbranched alkanes of at least 4 members (excludes halogenated alkanes) is 2. The lowest BCUT2D eigenvalue weighted by Crippen LogP contribution is -2.00. The molecule has 2 rings (SSSR count). The number of rotatable bonds is 10. The highest BCUT2D eigenvalue weighted by molar-refractivity contribution is 5.61. The fourth-order valence-corrected chi connectivity index (χ4v) is 3.23. The fourth-order valence-electron chi connectivity index (χ4n) is 3.23. The van der Waals surface area contributed by atoms with Crippen LogP contribution in [0.5, 0.6) is 0 Å². The zero-order valence-electron chi connectivity index (χ0n) is 16.6. The first-order valence-corrected chi connectivity index (χ1v) is 10.1. The molecular weight excluding hydrogens is 364 g/mol. The summed E-state index contributed by atoms with van der Waals surface area (Å²) in [5.74, 6) is -2.59. The molecule has 0 unspecified atom stereocenters. The van der Waals surface area contributed by atoms with Crippen LogP contribution >= 0.6 is 0 Å². The van der Waals surface area contributed by atoms with Crippen LogP contribution in [-0.4, -0.2) is 0 Å². The van der Waals surface area contributed by atoms with Crippen molar-refractivity contribution in [2.24, 2.45) is 0 Å². The van der Waals surface area contributed by atoms with E-state index >= 15 is 0 Å². The summed E-state index contributed by atoms with van der Waals surface area (Å²) in [6.07, 6.45) is 4.63. The molecule has 0 atom stereocenters. The SMILES string of the molecule is CCCCCc1c(F)cc(CCc2cccc(/C(F)=C(\F)CCC)c2)cc1F. The minimum Gasteiger partial charge on any atom is -0.209 e. The van der Waals surface area contributed by atoms with Gasteiger partial charge in [0.25, 0.3) is 0 Å². The summed E-state index contributed by atoms with van der Waals surface area (Å²) in [6.45, 7) is 3.83. The summed E-state index contributed by atoms with van der Waals surface area (Å²) >= 11 is 0. The van der Waals surface area contributed by atoms with Gasteiger partial charge in [0.2, 0.25) is 0 Å². The Balaban J connectivity index is 2.08. The van der Waals surface area contributed by atoms with E-state index in [0.717, 1.165) is 24.8 Å². The molecule has 0 nitrogen and oxygen atoms in total. The Labute approximate surface area is 165 Å². The van der Waals surface area contributed by atoms with E-state index < -0.39 is 23.3 Å². The highest BCUT2D eigenvalue weighted by Gasteiger charge is 2.12. The summed E-state index contributed by atoms with van der Waals surface area (Å²) < 4.78 is 56.4. The Hall–Kier alpha value is -2.10. The quantitative estimate of drug-likeness (QED) is 0.285. The Morgan fingerprint density at radius 2 is 1.46 bits per heavy atom. The van der Waals surface area contributed by atoms with E-state index in [2.05, 4.69) is 0 Å². The summed E-state index contributed by atoms with van der Waals surface area (Å²) in [6, 6.07) is 9.36. The smallest absolute Gasteiger partial charge is 0.161 e. The van der Waals surface area contributed by atoms with E-state index in [1.165, 1.54) is 18.2 Å². The van der Waals surface area contributed by atoms with Gasteiger partial charge < -0.3 is 0 Å². The molecule has 0 aromatic heterocycles. The van der Waals surface area contributed by atoms with Crippen molar-refractivity contribution in [3.8, 4) is 0 Å². The highest BCUT2D eigenvalue weighted by atomic mass is 19.2. The molecule has 4 heteroatoms. The molecule has 0 amide bonds. The summed E-state index contributed by atoms with van der Waals surface area (Å²) in [5, 5.41) is 0. The van der Waals surface area contributed by atoms with Crippen LogP contribution in [-0.2, 0) is 19.3 Å². The maximum Gasteiger partial charge on any atom is 0.161 e. The van der Waals surface area contributed by atoms with Crippen LogP contribution in [0.25, 0.3) is 5.83 Å². The van der Waals surface area contributed by atoms with Crippen molar-refractivity contribution in [2.75, 3.05) is 0 Å². The van der Waals surface area contributed by atoms with Crippen LogP contribution in [0.1, 0.15) is 68.2 Å². The average Bonchev–Trinajstić information content (AvgIpc) is 2.68. The van der Waals surface area contributed by atoms with Crippen molar-refractivity contribution in [2.45, 2.75) is 65.2 Å². The zero-order chi connectivity index (χ0) is 20.5. The predicted octanol–water partition coefficient (Wildman–Crippen LogP) is 7.89. The van der Waals surface area contributed by atoms with Gasteiger partial charge in [-0.25, -0.2) is 17.6 Å². The standard InChI is InChI=1S/C24H28F4/c1-3-5-6-11-20-22(26)15-18(16-23(20)27)13-12-17-9-7-10-19(14-17)24(28)21(25)8-4-2/h7,9-10,14-16H,3-6,8,11-13H2,1-2H3/b24-21+. The molecule has 0 spiro atoms. The zero-order valence-corrected chi connectivity index (χ0v) is 16.6. The van der Waals surface area contributed by atoms with Gasteiger partial charge >= 0.3 is 0 Å². The molecule has 0 N–H and O–H groups in total. The van der Waals surface area contributed by atoms with Crippen molar-refractivity contribution >= 4 is 5.83 Å². The predicted molar refractivity (Wildman–Crippen MR) is 107 cm³/mol. The first-order valence-electron chi connectivity index (χ1n) is 10.1. The van der Waals surface area contributed by atoms with Crippen LogP contribution in [0.4, 0.5) is 17.6 Å². The van der Waals surface area contributed by atoms with Crippen LogP contribution in [0.2, 0.25) is 0 Å². The Morgan fingerprint density at radius 1 is 0.786 bits per heavy atom. The van der Waals surface area contributed by atoms with Gasteiger partial charge in [0.15, 0.2) is 5.83 Å². The van der Waals surface area contributed by atoms with Gasteiger partial charge in [-0.2, -0.15) is 0 Å². The normalized spacial score (nSPS) is 12.2. The minimum atomic E-state index is -0.836. The second kappa shape index (κ2) is 11.0. The van der Waals surface area contributed by atoms with Gasteiger partial charge in [-0.05, 0) is 61.4 Å². The molecule has 28 heavy (non-hydrogen) atoms. The monoisotopic (exact) mass is 392 g/mol. The van der Waals surface area contributed by atoms with E-state index in [4.69, 9.17) is 0 Å². The summed E-state index contributed by atoms with van der Waals surface area (Å²) in [4.78, 5) is 0. The second-order valence-electron chi connectivity index (χ2n) is 7.16. The topological polar surface area (TPSA) is 0 Å². The lowest BCUT2D eigenvalue weighted by atomic mass is 9.99. The molecule has 2 aromatic rings. The second-order valence-corrected chi connectivity index (χ2v) is 7.16. The third-order valence-corrected chi connectivity index (χ3v) is 4.82. The molecule has 0 aliphatic rings. The number of aryl methyl sites for hydroxylation is 2. The molecule has 0 saturated carbocycles. The van der Waals surface area contributed by atoms with Crippen molar-refractivity contribution in [1.82, 2.24) is 0 Å². The van der Waals surface area contributed by atoms with E-state index in [0.29, 0.717) is 31.2 Å². The van der Waals surface area contributed by atoms with E-state index in [9.17, 15) is 17.6 Å². The lowest BCUT2D eigenvalue weighted by molar-refractivity contribution is 0.542. The van der Waals surface area contributed by atoms with Gasteiger partial charge in [0.05, 0.1) is 0 Å². The van der Waals surface area contributed by atoms with Gasteiger partial charge in [0, 0.05) is 17.5 Å². The molecule has 0 aliphatic heterocycles. The first-order chi connectivity index (χ1) is 13.5. The molecule has 2 aromatic carbocycles. The van der Waals surface area contributed by atoms with Gasteiger partial charge in [-0.1, -0.05) is 44.9 Å². The van der Waals surface area contributed by atoms with Crippen LogP contribution < -0.4 is 0 Å². The van der Waals surface area contributed by atoms with E-state index in [-0.39, 0.29) is 17.5 Å². The van der Waals surface area contributed by atoms with E-state index in [1.54, 1.807) is 25.1 Å². The molecular formula is C24H28F4. The van der Waals surface area contributed by atoms with Gasteiger partial charge in [0.1, 0.15) is 17.5 Å². The summed E-state index contributed by atoms with van der Waals surface area (Å²) in [7, 11) is 0. The van der Waals surface area contributed by atoms with E-state index in [1.807, 2.05) is 6.92 Å². The maximum atomic E-state index is 14.3. The van der Waals surface area contributed by atoms with Gasteiger partial charge in [-0.3, -0.25) is 0 Å². The number of hydrogen-bond donors (Lipinski definition) is 0. The Bertz CT molecular complexity index is 785. The molecule has 0 aliphatic carbocycles. The largest absolute Gasteiger partial charge is 0.209 e. The van der Waals surface area contributed by atoms with Gasteiger partial charge in [-0.15, -0.1) is 0 Å². The number of allylic oxidation sites excluding steroid dienone is 1. The van der Waals surface area contributed by atoms with Crippen LogP contribution in [0.15, 0.2) is 42.2 Å². The fraction of sp³-hybridized carbons (Fsp3) is 0.417. The third kappa shape index (κ3) is 6.22. The van der Waals surface area contributed by atoms with Crippen molar-refractivity contribution in [3.63, 3.8) is 0 Å². The first kappa shape index (κ1) is 22.2. The molecule has 0 radical (unpaired) electrons. The number of hydrogen-bond acceptors (Lipinski definition) is 0. The maximum absolute atomic E-state index is 14.3. The van der Waals surface area contributed by atoms with Crippen molar-refractivity contribution in [3.05, 3.63) is 76.1 Å². The lowest BCUT2D eigenvalue weighted by Gasteiger charge is -2.09. The van der Waals surface area contributed by atoms with Crippen LogP contribution in [0, 0.1) is 11.6 Å². The van der Waals surface area contributed by atoms with Crippen LogP contribution in [0.3, 0.4) is 0 Å². The Kier molecular flexibility index (Phi) is 8.75. The Morgan fingerprint density at radius 3 is 2.11 bits per heavy atom. The third-order valence-electron chi connectivity index (χ3n) is 4.82. The summed E-state index contributed by atoms with van der Waals surface area (Å²) in [5.41, 5.74) is 1.71. The number of benzene rings is 2. The molecule has 0 saturated heterocycles. The molecule has 0 fully saturated rings. The minimum absolute atomic E-state index is 0.0687. The molecule has 0 heterocycles. The number of halogens is 4. The molecule has 152 valence electrons.